The molecule has 0 saturated carbocycles. The van der Waals surface area contributed by atoms with Crippen molar-refractivity contribution < 1.29 is 28.3 Å². The first kappa shape index (κ1) is 36.9. The van der Waals surface area contributed by atoms with Crippen molar-refractivity contribution in [3.05, 3.63) is 106 Å². The van der Waals surface area contributed by atoms with Gasteiger partial charge in [-0.2, -0.15) is 0 Å². The van der Waals surface area contributed by atoms with Crippen molar-refractivity contribution in [2.75, 3.05) is 26.2 Å². The summed E-state index contributed by atoms with van der Waals surface area (Å²) in [7, 11) is 0. The highest BCUT2D eigenvalue weighted by Gasteiger charge is 2.27. The summed E-state index contributed by atoms with van der Waals surface area (Å²) < 4.78 is 28.2. The summed E-state index contributed by atoms with van der Waals surface area (Å²) in [6, 6.07) is 15.6. The second kappa shape index (κ2) is 18.5. The van der Waals surface area contributed by atoms with E-state index in [9.17, 15) is 28.3 Å². The monoisotopic (exact) mass is 646 g/mol. The number of rotatable bonds is 17. The van der Waals surface area contributed by atoms with Crippen LogP contribution in [0.25, 0.3) is 0 Å². The Balaban J connectivity index is 1.88. The zero-order chi connectivity index (χ0) is 34.3. The first-order chi connectivity index (χ1) is 22.6. The smallest absolute Gasteiger partial charge is 0.253 e. The molecule has 2 atom stereocenters. The Morgan fingerprint density at radius 3 is 2.06 bits per heavy atom. The molecular weight excluding hydrogens is 602 g/mol. The van der Waals surface area contributed by atoms with E-state index in [1.165, 1.54) is 12.1 Å². The molecule has 0 radical (unpaired) electrons. The minimum absolute atomic E-state index is 0.0890. The standard InChI is InChI=1S/C37H44F2N4O4/c1-5-14-42(15-6-2)37(47)30-18-26(8-4)17-29(23-30)36(46)40-33(21-28-19-31(38)24-32(39)20-28)34(44)25-43(16-7-3)41-35(45)22-27-12-10-9-11-13-27/h4,9-13,17-20,23-24,33-34,44H,5-7,14-16,21-22,25H2,1-3H3,(H,40,46)(H,41,45). The Labute approximate surface area is 276 Å². The van der Waals surface area contributed by atoms with Gasteiger partial charge < -0.3 is 15.3 Å². The molecule has 0 aliphatic carbocycles. The lowest BCUT2D eigenvalue weighted by Gasteiger charge is -2.30. The molecule has 0 aliphatic rings. The third-order valence-corrected chi connectivity index (χ3v) is 7.43. The number of carbonyl (C=O) groups is 3. The van der Waals surface area contributed by atoms with Crippen LogP contribution in [0.15, 0.2) is 66.7 Å². The fourth-order valence-electron chi connectivity index (χ4n) is 5.33. The number of carbonyl (C=O) groups excluding carboxylic acids is 3. The first-order valence-electron chi connectivity index (χ1n) is 16.0. The van der Waals surface area contributed by atoms with Crippen LogP contribution in [0.2, 0.25) is 0 Å². The van der Waals surface area contributed by atoms with Crippen LogP contribution in [0.3, 0.4) is 0 Å². The average molecular weight is 647 g/mol. The van der Waals surface area contributed by atoms with E-state index in [-0.39, 0.29) is 47.9 Å². The number of benzene rings is 3. The van der Waals surface area contributed by atoms with Crippen LogP contribution in [0.5, 0.6) is 0 Å². The van der Waals surface area contributed by atoms with Gasteiger partial charge in [-0.05, 0) is 67.1 Å². The molecule has 8 nitrogen and oxygen atoms in total. The maximum Gasteiger partial charge on any atom is 0.253 e. The van der Waals surface area contributed by atoms with Crippen LogP contribution in [0.1, 0.15) is 77.4 Å². The summed E-state index contributed by atoms with van der Waals surface area (Å²) in [6.07, 6.45) is 6.56. The Bertz CT molecular complexity index is 1520. The minimum atomic E-state index is -1.28. The van der Waals surface area contributed by atoms with Gasteiger partial charge in [-0.25, -0.2) is 13.8 Å². The largest absolute Gasteiger partial charge is 0.390 e. The lowest BCUT2D eigenvalue weighted by atomic mass is 9.99. The van der Waals surface area contributed by atoms with Gasteiger partial charge in [0.1, 0.15) is 11.6 Å². The quantitative estimate of drug-likeness (QED) is 0.143. The van der Waals surface area contributed by atoms with Gasteiger partial charge in [-0.3, -0.25) is 19.8 Å². The fraction of sp³-hybridized carbons (Fsp3) is 0.378. The number of aliphatic hydroxyl groups excluding tert-OH is 1. The molecule has 0 fully saturated rings. The molecule has 0 bridgehead atoms. The molecule has 3 amide bonds. The molecule has 0 aromatic heterocycles. The summed E-state index contributed by atoms with van der Waals surface area (Å²) in [4.78, 5) is 41.6. The normalized spacial score (nSPS) is 12.2. The van der Waals surface area contributed by atoms with Gasteiger partial charge in [0.05, 0.1) is 18.6 Å². The summed E-state index contributed by atoms with van der Waals surface area (Å²) in [5, 5.41) is 15.8. The molecule has 47 heavy (non-hydrogen) atoms. The van der Waals surface area contributed by atoms with Gasteiger partial charge in [-0.15, -0.1) is 6.42 Å². The van der Waals surface area contributed by atoms with Crippen molar-refractivity contribution in [2.45, 2.75) is 65.0 Å². The minimum Gasteiger partial charge on any atom is -0.390 e. The molecule has 0 spiro atoms. The number of nitrogens with zero attached hydrogens (tertiary/aromatic N) is 2. The van der Waals surface area contributed by atoms with Gasteiger partial charge in [0.25, 0.3) is 11.8 Å². The van der Waals surface area contributed by atoms with Gasteiger partial charge >= 0.3 is 0 Å². The van der Waals surface area contributed by atoms with E-state index in [4.69, 9.17) is 6.42 Å². The van der Waals surface area contributed by atoms with E-state index in [2.05, 4.69) is 16.7 Å². The van der Waals surface area contributed by atoms with E-state index in [1.54, 1.807) is 16.0 Å². The molecule has 10 heteroatoms. The molecular formula is C37H44F2N4O4. The van der Waals surface area contributed by atoms with Crippen LogP contribution >= 0.6 is 0 Å². The predicted octanol–water partition coefficient (Wildman–Crippen LogP) is 4.90. The molecule has 3 aromatic rings. The lowest BCUT2D eigenvalue weighted by Crippen LogP contribution is -2.53. The number of halogens is 2. The number of aliphatic hydroxyl groups is 1. The molecule has 3 rings (SSSR count). The molecule has 250 valence electrons. The zero-order valence-electron chi connectivity index (χ0n) is 27.3. The molecule has 0 aliphatic heterocycles. The highest BCUT2D eigenvalue weighted by molar-refractivity contribution is 6.00. The highest BCUT2D eigenvalue weighted by Crippen LogP contribution is 2.17. The van der Waals surface area contributed by atoms with Crippen LogP contribution in [-0.2, 0) is 17.6 Å². The summed E-state index contributed by atoms with van der Waals surface area (Å²) in [5.74, 6) is -0.275. The van der Waals surface area contributed by atoms with Gasteiger partial charge in [0.15, 0.2) is 0 Å². The fourth-order valence-corrected chi connectivity index (χ4v) is 5.33. The van der Waals surface area contributed by atoms with E-state index in [1.807, 2.05) is 51.1 Å². The zero-order valence-corrected chi connectivity index (χ0v) is 27.3. The van der Waals surface area contributed by atoms with E-state index < -0.39 is 29.7 Å². The van der Waals surface area contributed by atoms with Crippen molar-refractivity contribution in [1.29, 1.82) is 0 Å². The number of hydrazine groups is 1. The SMILES string of the molecule is C#Cc1cc(C(=O)NC(Cc2cc(F)cc(F)c2)C(O)CN(CCC)NC(=O)Cc2ccccc2)cc(C(=O)N(CCC)CCC)c1. The number of hydrogen-bond acceptors (Lipinski definition) is 5. The number of amides is 3. The second-order valence-electron chi connectivity index (χ2n) is 11.5. The summed E-state index contributed by atoms with van der Waals surface area (Å²) >= 11 is 0. The Kier molecular flexibility index (Phi) is 14.5. The van der Waals surface area contributed by atoms with Crippen LogP contribution < -0.4 is 10.7 Å². The molecule has 2 unspecified atom stereocenters. The number of terminal acetylenes is 1. The van der Waals surface area contributed by atoms with Crippen molar-refractivity contribution >= 4 is 17.7 Å². The van der Waals surface area contributed by atoms with Gasteiger partial charge in [-0.1, -0.05) is 57.0 Å². The van der Waals surface area contributed by atoms with Crippen molar-refractivity contribution in [3.63, 3.8) is 0 Å². The Morgan fingerprint density at radius 2 is 1.47 bits per heavy atom. The maximum absolute atomic E-state index is 14.1. The molecule has 3 N–H and O–H groups in total. The topological polar surface area (TPSA) is 102 Å². The van der Waals surface area contributed by atoms with Gasteiger partial charge in [0.2, 0.25) is 5.91 Å². The van der Waals surface area contributed by atoms with Gasteiger partial charge in [0, 0.05) is 48.9 Å². The van der Waals surface area contributed by atoms with Crippen molar-refractivity contribution in [1.82, 2.24) is 20.7 Å². The first-order valence-corrected chi connectivity index (χ1v) is 16.0. The third kappa shape index (κ3) is 11.6. The third-order valence-electron chi connectivity index (χ3n) is 7.43. The molecule has 0 saturated heterocycles. The predicted molar refractivity (Wildman–Crippen MR) is 178 cm³/mol. The van der Waals surface area contributed by atoms with E-state index in [0.29, 0.717) is 31.6 Å². The van der Waals surface area contributed by atoms with E-state index >= 15 is 0 Å². The highest BCUT2D eigenvalue weighted by atomic mass is 19.1. The second-order valence-corrected chi connectivity index (χ2v) is 11.5. The van der Waals surface area contributed by atoms with E-state index in [0.717, 1.165) is 36.6 Å². The maximum atomic E-state index is 14.1. The average Bonchev–Trinajstić information content (AvgIpc) is 3.03. The summed E-state index contributed by atoms with van der Waals surface area (Å²) in [6.45, 7) is 7.25. The Morgan fingerprint density at radius 1 is 0.851 bits per heavy atom. The van der Waals surface area contributed by atoms with Crippen LogP contribution in [-0.4, -0.2) is 71.1 Å². The van der Waals surface area contributed by atoms with Crippen LogP contribution in [0.4, 0.5) is 8.78 Å². The Hall–Kier alpha value is -4.59. The number of nitrogens with one attached hydrogen (secondary N) is 2. The molecule has 0 heterocycles. The van der Waals surface area contributed by atoms with Crippen molar-refractivity contribution in [3.8, 4) is 12.3 Å². The molecule has 3 aromatic carbocycles. The van der Waals surface area contributed by atoms with Crippen molar-refractivity contribution in [2.24, 2.45) is 0 Å². The number of hydrogen-bond donors (Lipinski definition) is 3. The van der Waals surface area contributed by atoms with Crippen LogP contribution in [0, 0.1) is 24.0 Å². The lowest BCUT2D eigenvalue weighted by molar-refractivity contribution is -0.126. The summed E-state index contributed by atoms with van der Waals surface area (Å²) in [5.41, 5.74) is 4.54.